The molecule has 0 spiro atoms. The van der Waals surface area contributed by atoms with Crippen LogP contribution in [0.1, 0.15) is 40.3 Å². The highest BCUT2D eigenvalue weighted by molar-refractivity contribution is 8.00. The van der Waals surface area contributed by atoms with E-state index in [0.29, 0.717) is 17.2 Å². The fraction of sp³-hybridized carbons (Fsp3) is 0.250. The molecule has 42 heavy (non-hydrogen) atoms. The Morgan fingerprint density at radius 3 is 2.19 bits per heavy atom. The van der Waals surface area contributed by atoms with Crippen molar-refractivity contribution in [2.75, 3.05) is 5.75 Å². The summed E-state index contributed by atoms with van der Waals surface area (Å²) in [4.78, 5) is 41.2. The molecule has 2 aliphatic rings. The van der Waals surface area contributed by atoms with Crippen molar-refractivity contribution in [2.45, 2.75) is 42.3 Å². The van der Waals surface area contributed by atoms with E-state index in [4.69, 9.17) is 20.9 Å². The van der Waals surface area contributed by atoms with Crippen LogP contribution in [0.25, 0.3) is 11.3 Å². The number of aryl methyl sites for hydroxylation is 1. The topological polar surface area (TPSA) is 102 Å². The normalized spacial score (nSPS) is 23.2. The lowest BCUT2D eigenvalue weighted by molar-refractivity contribution is -0.168. The van der Waals surface area contributed by atoms with E-state index in [1.807, 2.05) is 91.0 Å². The van der Waals surface area contributed by atoms with Gasteiger partial charge in [-0.2, -0.15) is 0 Å². The molecule has 0 saturated carbocycles. The first-order valence-corrected chi connectivity index (χ1v) is 14.9. The molecule has 3 heterocycles. The van der Waals surface area contributed by atoms with Gasteiger partial charge >= 0.3 is 5.97 Å². The molecule has 8 nitrogen and oxygen atoms in total. The third-order valence-corrected chi connectivity index (χ3v) is 9.66. The maximum absolute atomic E-state index is 13.9. The number of carbonyl (C=O) groups is 3. The van der Waals surface area contributed by atoms with Crippen LogP contribution in [0.15, 0.2) is 95.5 Å². The number of halogens is 1. The number of benzene rings is 3. The van der Waals surface area contributed by atoms with Crippen LogP contribution in [-0.2, 0) is 14.3 Å². The van der Waals surface area contributed by atoms with Crippen LogP contribution in [0.2, 0.25) is 0 Å². The van der Waals surface area contributed by atoms with Gasteiger partial charge in [0, 0.05) is 11.3 Å². The van der Waals surface area contributed by atoms with E-state index in [-0.39, 0.29) is 5.56 Å². The molecule has 1 N–H and O–H groups in total. The molecule has 2 saturated heterocycles. The van der Waals surface area contributed by atoms with Crippen molar-refractivity contribution < 1.29 is 23.6 Å². The summed E-state index contributed by atoms with van der Waals surface area (Å²) in [5.41, 5.74) is 2.98. The standard InChI is InChI=1S/C32H28ClN3O5S/c1-19-23(24(35-41-19)20-12-6-3-7-13-20)28(37)34-25-29(38)36-27(32(2,33)18-42-30(25)36)31(39)40-26(21-14-8-4-9-15-21)22-16-10-5-11-17-22/h3-17,25-27,30H,18H2,1-2H3,(H,34,37)/t25-,27+,30-,32-/m1/s1. The third-order valence-electron chi connectivity index (χ3n) is 7.55. The van der Waals surface area contributed by atoms with Gasteiger partial charge in [0.2, 0.25) is 5.91 Å². The summed E-state index contributed by atoms with van der Waals surface area (Å²) in [5, 5.41) is 6.44. The monoisotopic (exact) mass is 601 g/mol. The number of carbonyl (C=O) groups excluding carboxylic acids is 3. The molecule has 0 aliphatic carbocycles. The number of fused-ring (bicyclic) bond motifs is 1. The number of aromatic nitrogens is 1. The number of esters is 1. The number of nitrogens with one attached hydrogen (secondary N) is 1. The van der Waals surface area contributed by atoms with Crippen LogP contribution in [0, 0.1) is 6.92 Å². The Bertz CT molecular complexity index is 1570. The maximum Gasteiger partial charge on any atom is 0.331 e. The molecular formula is C32H28ClN3O5S. The average molecular weight is 602 g/mol. The summed E-state index contributed by atoms with van der Waals surface area (Å²) in [6, 6.07) is 26.2. The minimum Gasteiger partial charge on any atom is -0.451 e. The number of hydrogen-bond acceptors (Lipinski definition) is 7. The fourth-order valence-corrected chi connectivity index (χ4v) is 7.26. The second-order valence-corrected chi connectivity index (χ2v) is 12.5. The number of ether oxygens (including phenoxy) is 1. The zero-order chi connectivity index (χ0) is 29.4. The summed E-state index contributed by atoms with van der Waals surface area (Å²) in [7, 11) is 0. The minimum absolute atomic E-state index is 0.264. The van der Waals surface area contributed by atoms with Gasteiger partial charge in [-0.05, 0) is 25.0 Å². The summed E-state index contributed by atoms with van der Waals surface area (Å²) in [6.45, 7) is 3.38. The van der Waals surface area contributed by atoms with E-state index >= 15 is 0 Å². The van der Waals surface area contributed by atoms with Crippen molar-refractivity contribution in [1.82, 2.24) is 15.4 Å². The van der Waals surface area contributed by atoms with Gasteiger partial charge in [0.15, 0.2) is 12.1 Å². The minimum atomic E-state index is -1.08. The number of alkyl halides is 1. The lowest BCUT2D eigenvalue weighted by atomic mass is 9.93. The smallest absolute Gasteiger partial charge is 0.331 e. The largest absolute Gasteiger partial charge is 0.451 e. The first-order chi connectivity index (χ1) is 20.3. The van der Waals surface area contributed by atoms with Gasteiger partial charge in [0.05, 0.1) is 4.87 Å². The van der Waals surface area contributed by atoms with Crippen LogP contribution in [-0.4, -0.2) is 55.9 Å². The Hall–Kier alpha value is -4.08. The summed E-state index contributed by atoms with van der Waals surface area (Å²) in [6.07, 6.45) is -0.680. The molecule has 2 fully saturated rings. The van der Waals surface area contributed by atoms with Crippen LogP contribution in [0.3, 0.4) is 0 Å². The molecule has 1 aromatic heterocycles. The maximum atomic E-state index is 13.9. The highest BCUT2D eigenvalue weighted by Gasteiger charge is 2.61. The average Bonchev–Trinajstić information content (AvgIpc) is 3.40. The van der Waals surface area contributed by atoms with E-state index in [1.165, 1.54) is 16.7 Å². The molecule has 6 rings (SSSR count). The highest BCUT2D eigenvalue weighted by Crippen LogP contribution is 2.46. The summed E-state index contributed by atoms with van der Waals surface area (Å²) >= 11 is 8.31. The molecular weight excluding hydrogens is 574 g/mol. The second-order valence-electron chi connectivity index (χ2n) is 10.5. The Labute approximate surface area is 252 Å². The predicted molar refractivity (Wildman–Crippen MR) is 160 cm³/mol. The molecule has 2 amide bonds. The van der Waals surface area contributed by atoms with E-state index in [1.54, 1.807) is 13.8 Å². The molecule has 4 aromatic rings. The molecule has 2 aliphatic heterocycles. The Balaban J connectivity index is 1.23. The lowest BCUT2D eigenvalue weighted by Crippen LogP contribution is -2.78. The van der Waals surface area contributed by atoms with Crippen LogP contribution < -0.4 is 5.32 Å². The number of amides is 2. The van der Waals surface area contributed by atoms with E-state index in [2.05, 4.69) is 10.5 Å². The van der Waals surface area contributed by atoms with Crippen molar-refractivity contribution in [1.29, 1.82) is 0 Å². The van der Waals surface area contributed by atoms with Gasteiger partial charge in [-0.25, -0.2) is 4.79 Å². The molecule has 0 unspecified atom stereocenters. The Morgan fingerprint density at radius 2 is 1.60 bits per heavy atom. The van der Waals surface area contributed by atoms with E-state index in [9.17, 15) is 14.4 Å². The molecule has 0 bridgehead atoms. The lowest BCUT2D eigenvalue weighted by Gasteiger charge is -2.56. The second kappa shape index (κ2) is 11.3. The number of rotatable bonds is 7. The highest BCUT2D eigenvalue weighted by atomic mass is 35.5. The van der Waals surface area contributed by atoms with Gasteiger partial charge in [-0.15, -0.1) is 23.4 Å². The molecule has 3 aromatic carbocycles. The fourth-order valence-electron chi connectivity index (χ4n) is 5.46. The van der Waals surface area contributed by atoms with Gasteiger partial charge in [0.25, 0.3) is 5.91 Å². The predicted octanol–water partition coefficient (Wildman–Crippen LogP) is 5.36. The van der Waals surface area contributed by atoms with E-state index in [0.717, 1.165) is 16.7 Å². The quantitative estimate of drug-likeness (QED) is 0.173. The number of β-lactam (4-membered cyclic amide) rings is 1. The third kappa shape index (κ3) is 5.07. The Kier molecular flexibility index (Phi) is 7.55. The molecule has 10 heteroatoms. The van der Waals surface area contributed by atoms with Gasteiger partial charge in [0.1, 0.15) is 28.4 Å². The number of hydrogen-bond donors (Lipinski definition) is 1. The van der Waals surface area contributed by atoms with Crippen molar-refractivity contribution in [3.8, 4) is 11.3 Å². The molecule has 4 atom stereocenters. The van der Waals surface area contributed by atoms with Gasteiger partial charge < -0.3 is 19.5 Å². The zero-order valence-electron chi connectivity index (χ0n) is 22.9. The van der Waals surface area contributed by atoms with Crippen molar-refractivity contribution >= 4 is 41.1 Å². The number of nitrogens with zero attached hydrogens (tertiary/aromatic N) is 2. The van der Waals surface area contributed by atoms with Crippen molar-refractivity contribution in [2.24, 2.45) is 0 Å². The molecule has 0 radical (unpaired) electrons. The first kappa shape index (κ1) is 28.1. The first-order valence-electron chi connectivity index (χ1n) is 13.5. The number of thioether (sulfide) groups is 1. The zero-order valence-corrected chi connectivity index (χ0v) is 24.5. The van der Waals surface area contributed by atoms with Crippen molar-refractivity contribution in [3.05, 3.63) is 113 Å². The van der Waals surface area contributed by atoms with E-state index < -0.39 is 46.2 Å². The summed E-state index contributed by atoms with van der Waals surface area (Å²) < 4.78 is 11.5. The van der Waals surface area contributed by atoms with Gasteiger partial charge in [-0.3, -0.25) is 9.59 Å². The van der Waals surface area contributed by atoms with Crippen LogP contribution in [0.4, 0.5) is 0 Å². The van der Waals surface area contributed by atoms with Crippen LogP contribution in [0.5, 0.6) is 0 Å². The van der Waals surface area contributed by atoms with Gasteiger partial charge in [-0.1, -0.05) is 96.2 Å². The SMILES string of the molecule is Cc1onc(-c2ccccc2)c1C(=O)N[C@@H]1C(=O)N2[C@@H]1SC[C@@](C)(Cl)[C@@H]2C(=O)OC(c1ccccc1)c1ccccc1. The van der Waals surface area contributed by atoms with Crippen molar-refractivity contribution in [3.63, 3.8) is 0 Å². The molecule has 214 valence electrons. The van der Waals surface area contributed by atoms with Crippen LogP contribution >= 0.6 is 23.4 Å². The summed E-state index contributed by atoms with van der Waals surface area (Å²) in [5.74, 6) is -0.764. The Morgan fingerprint density at radius 1 is 1.02 bits per heavy atom.